The van der Waals surface area contributed by atoms with Crippen molar-refractivity contribution >= 4 is 51.2 Å². The maximum atomic E-state index is 14.3. The minimum Gasteiger partial charge on any atom is -0.497 e. The molecule has 59 heavy (non-hydrogen) atoms. The first kappa shape index (κ1) is 44.7. The van der Waals surface area contributed by atoms with Gasteiger partial charge in [-0.05, 0) is 54.9 Å². The number of carbonyl (C=O) groups excluding carboxylic acids is 4. The molecule has 2 aromatic carbocycles. The molecular weight excluding hydrogens is 797 g/mol. The van der Waals surface area contributed by atoms with Gasteiger partial charge >= 0.3 is 0 Å². The summed E-state index contributed by atoms with van der Waals surface area (Å²) in [4.78, 5) is 62.2. The van der Waals surface area contributed by atoms with Gasteiger partial charge in [-0.3, -0.25) is 29.0 Å². The quantitative estimate of drug-likeness (QED) is 0.166. The zero-order valence-corrected chi connectivity index (χ0v) is 37.5. The zero-order chi connectivity index (χ0) is 42.8. The first-order valence-corrected chi connectivity index (χ1v) is 27.7. The normalized spacial score (nSPS) is 24.5. The van der Waals surface area contributed by atoms with E-state index in [1.165, 1.54) is 33.8 Å². The molecule has 2 N–H and O–H groups in total. The van der Waals surface area contributed by atoms with Crippen molar-refractivity contribution in [2.24, 2.45) is 0 Å². The Hall–Kier alpha value is -3.89. The summed E-state index contributed by atoms with van der Waals surface area (Å²) in [6.07, 6.45) is -4.17. The summed E-state index contributed by atoms with van der Waals surface area (Å²) in [5.41, 5.74) is 1.29. The minimum atomic E-state index is -1.42. The van der Waals surface area contributed by atoms with Crippen LogP contribution in [0.5, 0.6) is 11.5 Å². The van der Waals surface area contributed by atoms with Crippen molar-refractivity contribution in [3.8, 4) is 11.5 Å². The van der Waals surface area contributed by atoms with Gasteiger partial charge < -0.3 is 48.4 Å². The Morgan fingerprint density at radius 1 is 0.610 bits per heavy atom. The van der Waals surface area contributed by atoms with Crippen LogP contribution in [-0.4, -0.2) is 163 Å². The number of methoxy groups -OCH3 is 2. The highest BCUT2D eigenvalue weighted by molar-refractivity contribution is 6.76. The first-order valence-electron chi connectivity index (χ1n) is 20.3. The Labute approximate surface area is 348 Å². The molecule has 0 saturated carbocycles. The van der Waals surface area contributed by atoms with E-state index in [9.17, 15) is 29.4 Å². The van der Waals surface area contributed by atoms with E-state index < -0.39 is 76.3 Å². The molecule has 0 bridgehead atoms. The number of hydrogen-bond donors (Lipinski definition) is 2. The van der Waals surface area contributed by atoms with Crippen LogP contribution < -0.4 is 19.3 Å². The van der Waals surface area contributed by atoms with Crippen LogP contribution in [0.2, 0.25) is 51.4 Å². The molecule has 0 aliphatic carbocycles. The number of carbonyl (C=O) groups is 4. The predicted molar refractivity (Wildman–Crippen MR) is 225 cm³/mol. The summed E-state index contributed by atoms with van der Waals surface area (Å²) >= 11 is 0. The highest BCUT2D eigenvalue weighted by Gasteiger charge is 2.54. The number of benzene rings is 2. The van der Waals surface area contributed by atoms with Gasteiger partial charge in [-0.15, -0.1) is 0 Å². The largest absolute Gasteiger partial charge is 0.497 e. The zero-order valence-electron chi connectivity index (χ0n) is 35.5. The Balaban J connectivity index is 1.13. The van der Waals surface area contributed by atoms with E-state index in [1.54, 1.807) is 36.4 Å². The molecular formula is C41H60N4O12Si2. The number of fused-ring (bicyclic) bond motifs is 4. The van der Waals surface area contributed by atoms with E-state index >= 15 is 0 Å². The Bertz CT molecular complexity index is 1740. The van der Waals surface area contributed by atoms with Gasteiger partial charge in [0.25, 0.3) is 23.6 Å². The Kier molecular flexibility index (Phi) is 13.9. The molecule has 0 radical (unpaired) electrons. The maximum Gasteiger partial charge on any atom is 0.256 e. The third-order valence-electron chi connectivity index (χ3n) is 11.2. The topological polar surface area (TPSA) is 177 Å². The molecule has 0 aromatic heterocycles. The van der Waals surface area contributed by atoms with Crippen molar-refractivity contribution in [2.45, 2.75) is 94.3 Å². The lowest BCUT2D eigenvalue weighted by Crippen LogP contribution is -2.51. The van der Waals surface area contributed by atoms with Crippen LogP contribution >= 0.6 is 0 Å². The third kappa shape index (κ3) is 9.86. The predicted octanol–water partition coefficient (Wildman–Crippen LogP) is 3.25. The molecule has 4 aliphatic heterocycles. The summed E-state index contributed by atoms with van der Waals surface area (Å²) in [7, 11) is 0.153. The van der Waals surface area contributed by atoms with E-state index in [0.29, 0.717) is 36.1 Å². The number of aliphatic hydroxyl groups is 2. The van der Waals surface area contributed by atoms with Crippen LogP contribution in [0.3, 0.4) is 0 Å². The minimum absolute atomic E-state index is 0.0212. The average molecular weight is 857 g/mol. The second kappa shape index (κ2) is 18.4. The van der Waals surface area contributed by atoms with E-state index in [-0.39, 0.29) is 57.3 Å². The molecule has 2 fully saturated rings. The fraction of sp³-hybridized carbons (Fsp3) is 0.610. The summed E-state index contributed by atoms with van der Waals surface area (Å²) in [5, 5.41) is 22.4. The lowest BCUT2D eigenvalue weighted by Gasteiger charge is -2.30. The molecule has 2 saturated heterocycles. The van der Waals surface area contributed by atoms with Gasteiger partial charge in [0.2, 0.25) is 0 Å². The molecule has 4 amide bonds. The van der Waals surface area contributed by atoms with E-state index in [4.69, 9.17) is 28.4 Å². The van der Waals surface area contributed by atoms with Crippen LogP contribution in [0.25, 0.3) is 0 Å². The van der Waals surface area contributed by atoms with Gasteiger partial charge in [0.05, 0.1) is 49.8 Å². The Morgan fingerprint density at radius 3 is 1.36 bits per heavy atom. The van der Waals surface area contributed by atoms with Crippen LogP contribution in [0.1, 0.15) is 27.1 Å². The van der Waals surface area contributed by atoms with Crippen LogP contribution in [-0.2, 0) is 28.5 Å². The van der Waals surface area contributed by atoms with E-state index in [1.807, 2.05) is 0 Å². The number of ether oxygens (including phenoxy) is 6. The third-order valence-corrected chi connectivity index (χ3v) is 14.6. The van der Waals surface area contributed by atoms with E-state index in [0.717, 1.165) is 12.1 Å². The monoisotopic (exact) mass is 856 g/mol. The molecule has 2 aromatic rings. The van der Waals surface area contributed by atoms with Gasteiger partial charge in [-0.25, -0.2) is 0 Å². The average Bonchev–Trinajstić information content (AvgIpc) is 3.65. The lowest BCUT2D eigenvalue weighted by molar-refractivity contribution is -0.129. The standard InChI is InChI=1S/C41H60N4O12Si2/c1-52-26-10-12-30-28(20-26)38(48)42-22-32(46)36(34(42)40(50)44(30)24-54-16-18-58(3,4)5)56-14-9-15-57-37-33(47)23-43-35(37)41(51)45(25-55-17-19-59(6,7)8)31-13-11-27(53-2)21-29(31)39(43)49/h10-13,20-21,32-37,46-47H,9,14-19,22-25H2,1-8H3/t32-,33?,34+,35?,36?,37?/m1/s1. The van der Waals surface area contributed by atoms with Gasteiger partial charge in [0.15, 0.2) is 0 Å². The maximum absolute atomic E-state index is 14.3. The summed E-state index contributed by atoms with van der Waals surface area (Å²) < 4.78 is 35.2. The van der Waals surface area contributed by atoms with Crippen LogP contribution in [0.4, 0.5) is 11.4 Å². The number of nitrogens with zero attached hydrogens (tertiary/aromatic N) is 4. The van der Waals surface area contributed by atoms with Crippen molar-refractivity contribution in [1.82, 2.24) is 9.80 Å². The van der Waals surface area contributed by atoms with Gasteiger partial charge in [-0.1, -0.05) is 39.3 Å². The van der Waals surface area contributed by atoms with Gasteiger partial charge in [0, 0.05) is 42.6 Å². The molecule has 6 rings (SSSR count). The fourth-order valence-electron chi connectivity index (χ4n) is 7.78. The van der Waals surface area contributed by atoms with Gasteiger partial charge in [-0.2, -0.15) is 0 Å². The summed E-state index contributed by atoms with van der Waals surface area (Å²) in [6, 6.07) is 9.39. The second-order valence-corrected chi connectivity index (χ2v) is 29.2. The molecule has 324 valence electrons. The van der Waals surface area contributed by atoms with Crippen LogP contribution in [0, 0.1) is 0 Å². The molecule has 4 unspecified atom stereocenters. The van der Waals surface area contributed by atoms with Crippen molar-refractivity contribution in [1.29, 1.82) is 0 Å². The highest BCUT2D eigenvalue weighted by Crippen LogP contribution is 2.38. The summed E-state index contributed by atoms with van der Waals surface area (Å²) in [6.45, 7) is 14.0. The molecule has 18 heteroatoms. The second-order valence-electron chi connectivity index (χ2n) is 18.0. The number of rotatable bonds is 18. The molecule has 4 heterocycles. The van der Waals surface area contributed by atoms with E-state index in [2.05, 4.69) is 39.3 Å². The molecule has 0 spiro atoms. The Morgan fingerprint density at radius 2 is 1.00 bits per heavy atom. The SMILES string of the molecule is COc1ccc2c(c1)C(=O)N1CC(O)C(OCCCOC3[C@H](O)CN4C(=O)c5cc(OC)ccc5N(COCC[Si](C)(C)C)C(=O)[C@H]34)C1C(=O)N2COCC[Si](C)(C)C. The lowest BCUT2D eigenvalue weighted by atomic mass is 10.1. The molecule has 6 atom stereocenters. The fourth-order valence-corrected chi connectivity index (χ4v) is 9.29. The first-order chi connectivity index (χ1) is 27.9. The van der Waals surface area contributed by atoms with Gasteiger partial charge in [0.1, 0.15) is 61.5 Å². The number of anilines is 2. The van der Waals surface area contributed by atoms with Crippen LogP contribution in [0.15, 0.2) is 36.4 Å². The van der Waals surface area contributed by atoms with Crippen molar-refractivity contribution < 1.29 is 57.8 Å². The van der Waals surface area contributed by atoms with Crippen molar-refractivity contribution in [3.63, 3.8) is 0 Å². The van der Waals surface area contributed by atoms with Crippen molar-refractivity contribution in [3.05, 3.63) is 47.5 Å². The van der Waals surface area contributed by atoms with Crippen molar-refractivity contribution in [2.75, 3.05) is 77.0 Å². The smallest absolute Gasteiger partial charge is 0.256 e. The number of aliphatic hydroxyl groups excluding tert-OH is 2. The highest BCUT2D eigenvalue weighted by atomic mass is 28.3. The number of amides is 4. The molecule has 4 aliphatic rings. The number of hydrogen-bond acceptors (Lipinski definition) is 12. The summed E-state index contributed by atoms with van der Waals surface area (Å²) in [5.74, 6) is -0.854. The molecule has 16 nitrogen and oxygen atoms in total.